The van der Waals surface area contributed by atoms with E-state index in [0.717, 1.165) is 5.56 Å². The fourth-order valence-corrected chi connectivity index (χ4v) is 4.96. The molecule has 2 rings (SSSR count). The van der Waals surface area contributed by atoms with Crippen LogP contribution in [-0.4, -0.2) is 110 Å². The predicted octanol–water partition coefficient (Wildman–Crippen LogP) is 2.04. The average Bonchev–Trinajstić information content (AvgIpc) is 3.09. The molecule has 0 saturated carbocycles. The van der Waals surface area contributed by atoms with E-state index in [1.54, 1.807) is 0 Å². The van der Waals surface area contributed by atoms with E-state index in [9.17, 15) is 18.0 Å². The van der Waals surface area contributed by atoms with Crippen molar-refractivity contribution in [3.63, 3.8) is 0 Å². The summed E-state index contributed by atoms with van der Waals surface area (Å²) in [6, 6.07) is 9.48. The van der Waals surface area contributed by atoms with Crippen LogP contribution in [0.2, 0.25) is 0 Å². The second kappa shape index (κ2) is 20.1. The van der Waals surface area contributed by atoms with Crippen molar-refractivity contribution in [1.82, 2.24) is 4.31 Å². The zero-order valence-corrected chi connectivity index (χ0v) is 24.4. The minimum absolute atomic E-state index is 0.0146. The standard InChI is InChI=1S/C25H35Cl2NO11S/c26-23-24(27)40(31,32)28(25(23)30)7-9-34-11-13-36-15-17-38-19-18-37-16-14-35-12-10-33-8-6-22(29)39-20-21-4-2-1-3-5-21/h1-5H,6-20H2. The van der Waals surface area contributed by atoms with Crippen molar-refractivity contribution in [2.45, 2.75) is 13.0 Å². The van der Waals surface area contributed by atoms with Crippen LogP contribution in [0.5, 0.6) is 0 Å². The monoisotopic (exact) mass is 627 g/mol. The van der Waals surface area contributed by atoms with Gasteiger partial charge in [-0.3, -0.25) is 9.59 Å². The molecule has 0 spiro atoms. The molecule has 0 N–H and O–H groups in total. The highest BCUT2D eigenvalue weighted by Gasteiger charge is 2.42. The van der Waals surface area contributed by atoms with E-state index < -0.39 is 25.3 Å². The molecular weight excluding hydrogens is 593 g/mol. The summed E-state index contributed by atoms with van der Waals surface area (Å²) in [5.74, 6) is -1.17. The van der Waals surface area contributed by atoms with Crippen molar-refractivity contribution in [3.8, 4) is 0 Å². The third-order valence-corrected chi connectivity index (χ3v) is 8.01. The Morgan fingerprint density at radius 2 is 1.15 bits per heavy atom. The van der Waals surface area contributed by atoms with Gasteiger partial charge in [0.1, 0.15) is 11.6 Å². The SMILES string of the molecule is O=C(CCOCCOCCOCCOCCOCCOCCN1C(=O)C(Cl)=C(Cl)S1(=O)=O)OCc1ccccc1. The van der Waals surface area contributed by atoms with Gasteiger partial charge < -0.3 is 33.2 Å². The molecule has 1 aliphatic heterocycles. The number of benzene rings is 1. The average molecular weight is 629 g/mol. The molecule has 0 unspecified atom stereocenters. The Morgan fingerprint density at radius 3 is 1.60 bits per heavy atom. The lowest BCUT2D eigenvalue weighted by Gasteiger charge is -2.15. The fraction of sp³-hybridized carbons (Fsp3) is 0.600. The lowest BCUT2D eigenvalue weighted by molar-refractivity contribution is -0.146. The topological polar surface area (TPSA) is 136 Å². The molecule has 1 amide bonds. The molecule has 0 bridgehead atoms. The molecule has 1 heterocycles. The van der Waals surface area contributed by atoms with Crippen LogP contribution >= 0.6 is 23.2 Å². The minimum Gasteiger partial charge on any atom is -0.461 e. The Balaban J connectivity index is 1.26. The summed E-state index contributed by atoms with van der Waals surface area (Å²) in [5.41, 5.74) is 0.942. The first kappa shape index (κ1) is 34.4. The second-order valence-corrected chi connectivity index (χ2v) is 10.8. The van der Waals surface area contributed by atoms with Crippen LogP contribution in [0, 0.1) is 0 Å². The Labute approximate surface area is 244 Å². The molecule has 0 atom stereocenters. The van der Waals surface area contributed by atoms with Crippen molar-refractivity contribution in [1.29, 1.82) is 0 Å². The van der Waals surface area contributed by atoms with Crippen LogP contribution in [0.15, 0.2) is 39.7 Å². The van der Waals surface area contributed by atoms with Crippen LogP contribution in [0.25, 0.3) is 0 Å². The number of carbonyl (C=O) groups is 2. The van der Waals surface area contributed by atoms with E-state index in [0.29, 0.717) is 57.2 Å². The summed E-state index contributed by atoms with van der Waals surface area (Å²) in [5, 5.41) is -0.516. The highest BCUT2D eigenvalue weighted by atomic mass is 35.5. The van der Waals surface area contributed by atoms with Gasteiger partial charge in [0.2, 0.25) is 0 Å². The van der Waals surface area contributed by atoms with Gasteiger partial charge in [0.15, 0.2) is 4.36 Å². The molecule has 0 saturated heterocycles. The first-order chi connectivity index (χ1) is 19.3. The highest BCUT2D eigenvalue weighted by Crippen LogP contribution is 2.32. The first-order valence-corrected chi connectivity index (χ1v) is 14.8. The number of hydrogen-bond acceptors (Lipinski definition) is 11. The Kier molecular flexibility index (Phi) is 17.3. The summed E-state index contributed by atoms with van der Waals surface area (Å²) in [6.45, 7) is 3.97. The Bertz CT molecular complexity index is 1020. The summed E-state index contributed by atoms with van der Waals surface area (Å²) in [6.07, 6.45) is 0.190. The molecule has 1 aliphatic rings. The largest absolute Gasteiger partial charge is 0.461 e. The number of nitrogens with zero attached hydrogens (tertiary/aromatic N) is 1. The molecular formula is C25H35Cl2NO11S. The van der Waals surface area contributed by atoms with Gasteiger partial charge >= 0.3 is 5.97 Å². The number of carbonyl (C=O) groups excluding carboxylic acids is 2. The third-order valence-electron chi connectivity index (χ3n) is 5.10. The van der Waals surface area contributed by atoms with E-state index in [1.807, 2.05) is 30.3 Å². The summed E-state index contributed by atoms with van der Waals surface area (Å²) >= 11 is 11.1. The normalized spacial score (nSPS) is 14.8. The number of halogens is 2. The number of amides is 1. The van der Waals surface area contributed by atoms with Crippen molar-refractivity contribution in [3.05, 3.63) is 45.3 Å². The van der Waals surface area contributed by atoms with E-state index in [-0.39, 0.29) is 52.0 Å². The number of sulfonamides is 1. The van der Waals surface area contributed by atoms with Crippen molar-refractivity contribution < 1.29 is 51.2 Å². The number of ether oxygens (including phenoxy) is 7. The van der Waals surface area contributed by atoms with Gasteiger partial charge in [-0.2, -0.15) is 8.42 Å². The van der Waals surface area contributed by atoms with Gasteiger partial charge in [-0.15, -0.1) is 0 Å². The molecule has 0 radical (unpaired) electrons. The molecule has 0 fully saturated rings. The zero-order valence-electron chi connectivity index (χ0n) is 22.1. The van der Waals surface area contributed by atoms with E-state index in [1.165, 1.54) is 0 Å². The van der Waals surface area contributed by atoms with Gasteiger partial charge in [0.05, 0.1) is 92.2 Å². The number of rotatable bonds is 23. The van der Waals surface area contributed by atoms with E-state index in [2.05, 4.69) is 0 Å². The van der Waals surface area contributed by atoms with Crippen molar-refractivity contribution in [2.24, 2.45) is 0 Å². The zero-order chi connectivity index (χ0) is 29.1. The maximum Gasteiger partial charge on any atom is 0.308 e. The lowest BCUT2D eigenvalue weighted by Crippen LogP contribution is -2.34. The smallest absolute Gasteiger partial charge is 0.308 e. The lowest BCUT2D eigenvalue weighted by atomic mass is 10.2. The molecule has 12 nitrogen and oxygen atoms in total. The molecule has 1 aromatic carbocycles. The summed E-state index contributed by atoms with van der Waals surface area (Å²) < 4.78 is 61.1. The number of esters is 1. The molecule has 0 aromatic heterocycles. The maximum absolute atomic E-state index is 11.9. The third kappa shape index (κ3) is 13.2. The van der Waals surface area contributed by atoms with Gasteiger partial charge in [0, 0.05) is 0 Å². The summed E-state index contributed by atoms with van der Waals surface area (Å²) in [7, 11) is -4.06. The van der Waals surface area contributed by atoms with Gasteiger partial charge in [0.25, 0.3) is 15.9 Å². The van der Waals surface area contributed by atoms with Crippen LogP contribution in [0.4, 0.5) is 0 Å². The van der Waals surface area contributed by atoms with E-state index in [4.69, 9.17) is 56.4 Å². The van der Waals surface area contributed by atoms with Gasteiger partial charge in [-0.1, -0.05) is 53.5 Å². The number of hydrogen-bond donors (Lipinski definition) is 0. The fourth-order valence-electron chi connectivity index (χ4n) is 3.05. The molecule has 1 aromatic rings. The van der Waals surface area contributed by atoms with Crippen LogP contribution in [0.3, 0.4) is 0 Å². The molecule has 0 aliphatic carbocycles. The Morgan fingerprint density at radius 1 is 0.700 bits per heavy atom. The molecule has 226 valence electrons. The van der Waals surface area contributed by atoms with E-state index >= 15 is 0 Å². The minimum atomic E-state index is -4.06. The van der Waals surface area contributed by atoms with Crippen LogP contribution in [0.1, 0.15) is 12.0 Å². The molecule has 15 heteroatoms. The van der Waals surface area contributed by atoms with Crippen LogP contribution in [-0.2, 0) is 59.4 Å². The molecule has 40 heavy (non-hydrogen) atoms. The van der Waals surface area contributed by atoms with Crippen LogP contribution < -0.4 is 0 Å². The first-order valence-electron chi connectivity index (χ1n) is 12.6. The highest BCUT2D eigenvalue weighted by molar-refractivity contribution is 7.95. The maximum atomic E-state index is 11.9. The summed E-state index contributed by atoms with van der Waals surface area (Å²) in [4.78, 5) is 23.4. The van der Waals surface area contributed by atoms with Gasteiger partial charge in [-0.05, 0) is 5.56 Å². The quantitative estimate of drug-likeness (QED) is 0.130. The predicted molar refractivity (Wildman–Crippen MR) is 145 cm³/mol. The van der Waals surface area contributed by atoms with Gasteiger partial charge in [-0.25, -0.2) is 4.31 Å². The second-order valence-electron chi connectivity index (χ2n) is 8.04. The van der Waals surface area contributed by atoms with Crippen molar-refractivity contribution in [2.75, 3.05) is 85.8 Å². The Hall–Kier alpha value is -1.81. The van der Waals surface area contributed by atoms with Crippen molar-refractivity contribution >= 4 is 45.1 Å².